The van der Waals surface area contributed by atoms with Gasteiger partial charge in [-0.1, -0.05) is 25.0 Å². The van der Waals surface area contributed by atoms with Crippen LogP contribution in [0.15, 0.2) is 0 Å². The molecule has 0 spiro atoms. The summed E-state index contributed by atoms with van der Waals surface area (Å²) in [5.41, 5.74) is 0. The molecule has 0 saturated heterocycles. The minimum absolute atomic E-state index is 0. The second-order valence-electron chi connectivity index (χ2n) is 1.99. The van der Waals surface area contributed by atoms with Gasteiger partial charge in [0.05, 0.1) is 10.1 Å². The van der Waals surface area contributed by atoms with Crippen molar-refractivity contribution in [1.82, 2.24) is 0 Å². The van der Waals surface area contributed by atoms with Crippen LogP contribution in [0, 0.1) is 6.92 Å². The Balaban J connectivity index is -0.0000000891. The van der Waals surface area contributed by atoms with Crippen LogP contribution in [0.4, 0.5) is 0 Å². The third-order valence-corrected chi connectivity index (χ3v) is 2.07. The zero-order chi connectivity index (χ0) is 10.2. The summed E-state index contributed by atoms with van der Waals surface area (Å²) in [5.74, 6) is 0. The van der Waals surface area contributed by atoms with E-state index in [1.807, 2.05) is 6.92 Å². The number of rotatable bonds is 3. The average Bonchev–Trinajstić information content (AvgIpc) is 1.88. The van der Waals surface area contributed by atoms with Gasteiger partial charge in [0.25, 0.3) is 0 Å². The van der Waals surface area contributed by atoms with Gasteiger partial charge >= 0.3 is 65.3 Å². The third-order valence-electron chi connectivity index (χ3n) is 1.02. The normalized spacial score (nSPS) is 10.5. The fourth-order valence-corrected chi connectivity index (χ4v) is 0.991. The van der Waals surface area contributed by atoms with E-state index >= 15 is 0 Å². The molecule has 1 unspecified atom stereocenters. The van der Waals surface area contributed by atoms with Gasteiger partial charge in [0.2, 0.25) is 0 Å². The summed E-state index contributed by atoms with van der Waals surface area (Å²) in [6.45, 7) is 5.01. The van der Waals surface area contributed by atoms with Crippen LogP contribution < -0.4 is 59.1 Å². The van der Waals surface area contributed by atoms with Gasteiger partial charge in [0, 0.05) is 0 Å². The zero-order valence-corrected chi connectivity index (χ0v) is 13.5. The molecule has 72 valence electrons. The quantitative estimate of drug-likeness (QED) is 0.278. The summed E-state index contributed by atoms with van der Waals surface area (Å²) in [7, 11) is -4.13. The maximum absolute atomic E-state index is 10.1. The van der Waals surface area contributed by atoms with Crippen molar-refractivity contribution in [2.75, 3.05) is 0 Å². The smallest absolute Gasteiger partial charge is 0.750 e. The first-order valence-corrected chi connectivity index (χ1v) is 4.64. The Morgan fingerprint density at radius 3 is 1.71 bits per heavy atom. The molecule has 0 aliphatic heterocycles. The molecule has 0 N–H and O–H groups in total. The van der Waals surface area contributed by atoms with E-state index < -0.39 is 15.4 Å². The maximum atomic E-state index is 10.1. The van der Waals surface area contributed by atoms with E-state index in [0.29, 0.717) is 12.8 Å². The Labute approximate surface area is 128 Å². The molecule has 0 amide bonds. The Morgan fingerprint density at radius 1 is 1.36 bits per heavy atom. The molecule has 0 heterocycles. The molecule has 0 aliphatic rings. The maximum Gasteiger partial charge on any atom is 1.00 e. The van der Waals surface area contributed by atoms with E-state index in [0.717, 1.165) is 0 Å². The molecule has 0 aliphatic carbocycles. The molecular formula is C6H10Na2O5S. The van der Waals surface area contributed by atoms with Gasteiger partial charge in [0.1, 0.15) is 0 Å². The number of carbonyl (C=O) groups excluding carboxylic acids is 2. The molecule has 5 nitrogen and oxygen atoms in total. The fraction of sp³-hybridized carbons (Fsp3) is 0.667. The standard InChI is InChI=1S/C5H11O3S.CO2.2Na/c1-3-4-5(2)9(6,7)8;2-1-3;;/h5H,2-4H2,1H3,(H,6,7,8);;;/q-1;;2*+1/p-1. The van der Waals surface area contributed by atoms with Crippen molar-refractivity contribution in [2.24, 2.45) is 0 Å². The van der Waals surface area contributed by atoms with Crippen LogP contribution in [0.2, 0.25) is 0 Å². The fourth-order valence-electron chi connectivity index (χ4n) is 0.466. The van der Waals surface area contributed by atoms with Crippen LogP contribution >= 0.6 is 0 Å². The van der Waals surface area contributed by atoms with Gasteiger partial charge in [-0.25, -0.2) is 8.42 Å². The predicted molar refractivity (Wildman–Crippen MR) is 38.8 cm³/mol. The van der Waals surface area contributed by atoms with Crippen molar-refractivity contribution >= 4 is 16.3 Å². The Hall–Kier alpha value is 1.29. The Morgan fingerprint density at radius 2 is 1.64 bits per heavy atom. The monoisotopic (exact) mass is 240 g/mol. The molecular weight excluding hydrogens is 230 g/mol. The van der Waals surface area contributed by atoms with Gasteiger partial charge in [-0.15, -0.1) is 0 Å². The van der Waals surface area contributed by atoms with Crippen molar-refractivity contribution in [3.63, 3.8) is 0 Å². The molecule has 0 aromatic rings. The van der Waals surface area contributed by atoms with Gasteiger partial charge in [-0.3, -0.25) is 0 Å². The van der Waals surface area contributed by atoms with E-state index in [1.54, 1.807) is 0 Å². The molecule has 1 atom stereocenters. The first-order valence-electron chi connectivity index (χ1n) is 3.17. The van der Waals surface area contributed by atoms with Crippen molar-refractivity contribution in [3.05, 3.63) is 6.92 Å². The van der Waals surface area contributed by atoms with Gasteiger partial charge in [-0.2, -0.15) is 9.59 Å². The SMILES string of the molecule is O=C=O.[CH2-]C(CCC)S(=O)(=O)[O-].[Na+].[Na+]. The summed E-state index contributed by atoms with van der Waals surface area (Å²) in [5, 5.41) is -0.970. The average molecular weight is 240 g/mol. The van der Waals surface area contributed by atoms with Crippen molar-refractivity contribution in [3.8, 4) is 0 Å². The predicted octanol–water partition coefficient (Wildman–Crippen LogP) is -6.04. The van der Waals surface area contributed by atoms with E-state index in [4.69, 9.17) is 9.59 Å². The van der Waals surface area contributed by atoms with Gasteiger partial charge < -0.3 is 11.5 Å². The van der Waals surface area contributed by atoms with Gasteiger partial charge in [-0.05, 0) is 0 Å². The van der Waals surface area contributed by atoms with Crippen LogP contribution in [0.5, 0.6) is 0 Å². The molecule has 0 aromatic heterocycles. The van der Waals surface area contributed by atoms with E-state index in [9.17, 15) is 13.0 Å². The molecule has 0 rings (SSSR count). The molecule has 0 saturated carbocycles. The van der Waals surface area contributed by atoms with E-state index in [-0.39, 0.29) is 65.3 Å². The summed E-state index contributed by atoms with van der Waals surface area (Å²) >= 11 is 0. The number of hydrogen-bond donors (Lipinski definition) is 0. The van der Waals surface area contributed by atoms with Crippen LogP contribution in [-0.2, 0) is 19.7 Å². The van der Waals surface area contributed by atoms with E-state index in [2.05, 4.69) is 6.92 Å². The Bertz CT molecular complexity index is 233. The second-order valence-corrected chi connectivity index (χ2v) is 3.64. The van der Waals surface area contributed by atoms with Crippen LogP contribution in [0.25, 0.3) is 0 Å². The summed E-state index contributed by atoms with van der Waals surface area (Å²) in [4.78, 5) is 16.2. The molecule has 0 bridgehead atoms. The van der Waals surface area contributed by atoms with Crippen LogP contribution in [-0.4, -0.2) is 24.4 Å². The van der Waals surface area contributed by atoms with Crippen molar-refractivity contribution < 1.29 is 81.7 Å². The third kappa shape index (κ3) is 19.0. The zero-order valence-electron chi connectivity index (χ0n) is 8.65. The molecule has 8 heteroatoms. The molecule has 0 aromatic carbocycles. The molecule has 0 radical (unpaired) electrons. The second kappa shape index (κ2) is 14.3. The molecule has 0 fully saturated rings. The van der Waals surface area contributed by atoms with Gasteiger partial charge in [0.15, 0.2) is 0 Å². The summed E-state index contributed by atoms with van der Waals surface area (Å²) in [6.07, 6.45) is 1.28. The van der Waals surface area contributed by atoms with Crippen molar-refractivity contribution in [2.45, 2.75) is 25.0 Å². The molecule has 14 heavy (non-hydrogen) atoms. The first kappa shape index (κ1) is 24.5. The largest absolute Gasteiger partial charge is 1.00 e. The number of hydrogen-bond acceptors (Lipinski definition) is 5. The van der Waals surface area contributed by atoms with E-state index in [1.165, 1.54) is 0 Å². The first-order chi connectivity index (χ1) is 5.40. The summed E-state index contributed by atoms with van der Waals surface area (Å²) in [6, 6.07) is 0. The minimum Gasteiger partial charge on any atom is -0.750 e. The van der Waals surface area contributed by atoms with Crippen LogP contribution in [0.3, 0.4) is 0 Å². The minimum atomic E-state index is -4.13. The Kier molecular flexibility index (Phi) is 25.0. The topological polar surface area (TPSA) is 91.3 Å². The summed E-state index contributed by atoms with van der Waals surface area (Å²) < 4.78 is 30.3. The van der Waals surface area contributed by atoms with Crippen molar-refractivity contribution in [1.29, 1.82) is 0 Å². The van der Waals surface area contributed by atoms with Crippen LogP contribution in [0.1, 0.15) is 19.8 Å².